The summed E-state index contributed by atoms with van der Waals surface area (Å²) in [5.74, 6) is 0.742. The zero-order chi connectivity index (χ0) is 21.8. The zero-order valence-electron chi connectivity index (χ0n) is 17.2. The average molecular weight is 449 g/mol. The summed E-state index contributed by atoms with van der Waals surface area (Å²) < 4.78 is 1.93. The SMILES string of the molecule is Cc1cc(C)cc(NC(=O)CSc2nnc(-c3ccccc3Cl)n2-c2ccccc2)c1. The van der Waals surface area contributed by atoms with Crippen LogP contribution in [0.4, 0.5) is 5.69 Å². The Morgan fingerprint density at radius 3 is 2.35 bits per heavy atom. The lowest BCUT2D eigenvalue weighted by Crippen LogP contribution is -2.14. The summed E-state index contributed by atoms with van der Waals surface area (Å²) in [5, 5.41) is 12.9. The molecule has 0 spiro atoms. The zero-order valence-corrected chi connectivity index (χ0v) is 18.7. The van der Waals surface area contributed by atoms with Crippen molar-refractivity contribution in [2.24, 2.45) is 0 Å². The molecule has 4 rings (SSSR count). The van der Waals surface area contributed by atoms with Gasteiger partial charge in [0.1, 0.15) is 0 Å². The molecule has 0 fully saturated rings. The molecule has 7 heteroatoms. The second kappa shape index (κ2) is 9.37. The summed E-state index contributed by atoms with van der Waals surface area (Å²) in [6.45, 7) is 4.02. The number of nitrogens with zero attached hydrogens (tertiary/aromatic N) is 3. The van der Waals surface area contributed by atoms with Gasteiger partial charge < -0.3 is 5.32 Å². The van der Waals surface area contributed by atoms with E-state index in [4.69, 9.17) is 11.6 Å². The number of carbonyl (C=O) groups excluding carboxylic acids is 1. The van der Waals surface area contributed by atoms with Crippen LogP contribution in [0, 0.1) is 13.8 Å². The number of para-hydroxylation sites is 1. The molecule has 3 aromatic carbocycles. The number of nitrogens with one attached hydrogen (secondary N) is 1. The largest absolute Gasteiger partial charge is 0.325 e. The molecule has 0 radical (unpaired) electrons. The second-order valence-electron chi connectivity index (χ2n) is 7.17. The standard InChI is InChI=1S/C24H21ClN4OS/c1-16-12-17(2)14-18(13-16)26-22(30)15-31-24-28-27-23(20-10-6-7-11-21(20)25)29(24)19-8-4-3-5-9-19/h3-14H,15H2,1-2H3,(H,26,30). The number of halogens is 1. The maximum atomic E-state index is 12.6. The average Bonchev–Trinajstić information content (AvgIpc) is 3.16. The van der Waals surface area contributed by atoms with Gasteiger partial charge in [0.25, 0.3) is 0 Å². The second-order valence-corrected chi connectivity index (χ2v) is 8.52. The van der Waals surface area contributed by atoms with Crippen molar-refractivity contribution in [1.29, 1.82) is 0 Å². The lowest BCUT2D eigenvalue weighted by Gasteiger charge is -2.11. The number of amides is 1. The van der Waals surface area contributed by atoms with Crippen molar-refractivity contribution < 1.29 is 4.79 Å². The fourth-order valence-electron chi connectivity index (χ4n) is 3.36. The van der Waals surface area contributed by atoms with E-state index in [0.29, 0.717) is 16.0 Å². The molecule has 0 saturated heterocycles. The number of hydrogen-bond donors (Lipinski definition) is 1. The van der Waals surface area contributed by atoms with Crippen molar-refractivity contribution >= 4 is 35.0 Å². The van der Waals surface area contributed by atoms with Crippen molar-refractivity contribution in [2.45, 2.75) is 19.0 Å². The lowest BCUT2D eigenvalue weighted by molar-refractivity contribution is -0.113. The number of hydrogen-bond acceptors (Lipinski definition) is 4. The molecule has 4 aromatic rings. The molecule has 0 atom stereocenters. The van der Waals surface area contributed by atoms with Crippen LogP contribution in [-0.4, -0.2) is 26.4 Å². The normalized spacial score (nSPS) is 10.8. The summed E-state index contributed by atoms with van der Waals surface area (Å²) in [6.07, 6.45) is 0. The van der Waals surface area contributed by atoms with Crippen molar-refractivity contribution in [3.8, 4) is 17.1 Å². The fraction of sp³-hybridized carbons (Fsp3) is 0.125. The van der Waals surface area contributed by atoms with Gasteiger partial charge in [0.15, 0.2) is 11.0 Å². The van der Waals surface area contributed by atoms with E-state index in [0.717, 1.165) is 28.1 Å². The van der Waals surface area contributed by atoms with E-state index in [-0.39, 0.29) is 11.7 Å². The quantitative estimate of drug-likeness (QED) is 0.371. The van der Waals surface area contributed by atoms with E-state index < -0.39 is 0 Å². The van der Waals surface area contributed by atoms with Crippen LogP contribution in [-0.2, 0) is 4.79 Å². The highest BCUT2D eigenvalue weighted by Crippen LogP contribution is 2.31. The number of aryl methyl sites for hydroxylation is 2. The van der Waals surface area contributed by atoms with E-state index in [1.54, 1.807) is 0 Å². The van der Waals surface area contributed by atoms with E-state index in [1.165, 1.54) is 11.8 Å². The molecule has 5 nitrogen and oxygen atoms in total. The van der Waals surface area contributed by atoms with Gasteiger partial charge in [-0.15, -0.1) is 10.2 Å². The lowest BCUT2D eigenvalue weighted by atomic mass is 10.1. The number of rotatable bonds is 6. The Labute approximate surface area is 190 Å². The first kappa shape index (κ1) is 21.2. The van der Waals surface area contributed by atoms with Crippen molar-refractivity contribution in [3.05, 3.63) is 88.9 Å². The Morgan fingerprint density at radius 1 is 0.968 bits per heavy atom. The van der Waals surface area contributed by atoms with Crippen LogP contribution in [0.1, 0.15) is 11.1 Å². The third kappa shape index (κ3) is 4.98. The Bertz CT molecular complexity index is 1200. The first-order chi connectivity index (χ1) is 15.0. The molecular formula is C24H21ClN4OS. The maximum Gasteiger partial charge on any atom is 0.234 e. The van der Waals surface area contributed by atoms with Crippen LogP contribution < -0.4 is 5.32 Å². The molecule has 0 aliphatic rings. The van der Waals surface area contributed by atoms with Crippen molar-refractivity contribution in [2.75, 3.05) is 11.1 Å². The molecule has 156 valence electrons. The molecule has 1 aromatic heterocycles. The molecule has 31 heavy (non-hydrogen) atoms. The van der Waals surface area contributed by atoms with E-state index in [9.17, 15) is 4.79 Å². The molecule has 0 unspecified atom stereocenters. The minimum Gasteiger partial charge on any atom is -0.325 e. The number of carbonyl (C=O) groups is 1. The van der Waals surface area contributed by atoms with Crippen LogP contribution >= 0.6 is 23.4 Å². The van der Waals surface area contributed by atoms with Crippen LogP contribution in [0.2, 0.25) is 5.02 Å². The molecule has 0 aliphatic heterocycles. The van der Waals surface area contributed by atoms with Crippen molar-refractivity contribution in [1.82, 2.24) is 14.8 Å². The number of anilines is 1. The Morgan fingerprint density at radius 2 is 1.65 bits per heavy atom. The Hall–Kier alpha value is -3.09. The number of benzene rings is 3. The van der Waals surface area contributed by atoms with Gasteiger partial charge in [-0.05, 0) is 61.4 Å². The Balaban J connectivity index is 1.60. The van der Waals surface area contributed by atoms with Gasteiger partial charge in [-0.3, -0.25) is 9.36 Å². The molecular weight excluding hydrogens is 428 g/mol. The van der Waals surface area contributed by atoms with E-state index in [1.807, 2.05) is 85.1 Å². The third-order valence-electron chi connectivity index (χ3n) is 4.60. The van der Waals surface area contributed by atoms with Crippen LogP contribution in [0.3, 0.4) is 0 Å². The smallest absolute Gasteiger partial charge is 0.234 e. The van der Waals surface area contributed by atoms with Crippen LogP contribution in [0.25, 0.3) is 17.1 Å². The molecule has 1 amide bonds. The summed E-state index contributed by atoms with van der Waals surface area (Å²) in [4.78, 5) is 12.6. The number of aromatic nitrogens is 3. The minimum atomic E-state index is -0.100. The van der Waals surface area contributed by atoms with Gasteiger partial charge in [0, 0.05) is 16.9 Å². The van der Waals surface area contributed by atoms with E-state index in [2.05, 4.69) is 21.6 Å². The molecule has 0 saturated carbocycles. The monoisotopic (exact) mass is 448 g/mol. The van der Waals surface area contributed by atoms with Crippen molar-refractivity contribution in [3.63, 3.8) is 0 Å². The molecule has 0 bridgehead atoms. The van der Waals surface area contributed by atoms with E-state index >= 15 is 0 Å². The van der Waals surface area contributed by atoms with Gasteiger partial charge in [-0.25, -0.2) is 0 Å². The first-order valence-corrected chi connectivity index (χ1v) is 11.1. The topological polar surface area (TPSA) is 59.8 Å². The number of thioether (sulfide) groups is 1. The summed E-state index contributed by atoms with van der Waals surface area (Å²) in [6, 6.07) is 23.3. The predicted molar refractivity (Wildman–Crippen MR) is 127 cm³/mol. The maximum absolute atomic E-state index is 12.6. The van der Waals surface area contributed by atoms with Gasteiger partial charge in [0.2, 0.25) is 5.91 Å². The highest BCUT2D eigenvalue weighted by atomic mass is 35.5. The van der Waals surface area contributed by atoms with Gasteiger partial charge >= 0.3 is 0 Å². The fourth-order valence-corrected chi connectivity index (χ4v) is 4.34. The van der Waals surface area contributed by atoms with Crippen LogP contribution in [0.15, 0.2) is 78.0 Å². The first-order valence-electron chi connectivity index (χ1n) is 9.78. The van der Waals surface area contributed by atoms with Gasteiger partial charge in [-0.1, -0.05) is 59.8 Å². The van der Waals surface area contributed by atoms with Crippen LogP contribution in [0.5, 0.6) is 0 Å². The molecule has 1 N–H and O–H groups in total. The highest BCUT2D eigenvalue weighted by molar-refractivity contribution is 7.99. The Kier molecular flexibility index (Phi) is 6.39. The minimum absolute atomic E-state index is 0.100. The summed E-state index contributed by atoms with van der Waals surface area (Å²) in [5.41, 5.74) is 4.70. The third-order valence-corrected chi connectivity index (χ3v) is 5.86. The predicted octanol–water partition coefficient (Wildman–Crippen LogP) is 5.94. The van der Waals surface area contributed by atoms with Gasteiger partial charge in [-0.2, -0.15) is 0 Å². The highest BCUT2D eigenvalue weighted by Gasteiger charge is 2.19. The summed E-state index contributed by atoms with van der Waals surface area (Å²) in [7, 11) is 0. The molecule has 0 aliphatic carbocycles. The molecule has 1 heterocycles. The summed E-state index contributed by atoms with van der Waals surface area (Å²) >= 11 is 7.75. The van der Waals surface area contributed by atoms with Gasteiger partial charge in [0.05, 0.1) is 10.8 Å².